The first-order valence-corrected chi connectivity index (χ1v) is 7.56. The number of fused-ring (bicyclic) bond motifs is 1. The first-order valence-electron chi connectivity index (χ1n) is 6.28. The van der Waals surface area contributed by atoms with Gasteiger partial charge in [0, 0.05) is 25.0 Å². The lowest BCUT2D eigenvalue weighted by molar-refractivity contribution is 0.0697. The number of thioether (sulfide) groups is 1. The van der Waals surface area contributed by atoms with Crippen molar-refractivity contribution >= 4 is 34.5 Å². The standard InChI is InChI=1S/C13H18N4O2S/c1-7(20-4)5-14-11-9(13(18)19)6-15-12-10(11)8(2)16-17(12)3/h6-7H,5H2,1-4H3,(H,14,15)(H,18,19). The zero-order valence-electron chi connectivity index (χ0n) is 12.0. The molecule has 0 spiro atoms. The second-order valence-corrected chi connectivity index (χ2v) is 5.96. The Morgan fingerprint density at radius 1 is 1.60 bits per heavy atom. The van der Waals surface area contributed by atoms with Gasteiger partial charge in [-0.1, -0.05) is 6.92 Å². The van der Waals surface area contributed by atoms with Gasteiger partial charge in [0.2, 0.25) is 0 Å². The third-order valence-corrected chi connectivity index (χ3v) is 4.20. The average molecular weight is 294 g/mol. The molecule has 6 nitrogen and oxygen atoms in total. The van der Waals surface area contributed by atoms with Crippen LogP contribution in [0.3, 0.4) is 0 Å². The maximum absolute atomic E-state index is 11.4. The highest BCUT2D eigenvalue weighted by molar-refractivity contribution is 7.99. The van der Waals surface area contributed by atoms with Gasteiger partial charge in [0.25, 0.3) is 0 Å². The van der Waals surface area contributed by atoms with E-state index in [4.69, 9.17) is 0 Å². The lowest BCUT2D eigenvalue weighted by atomic mass is 10.1. The van der Waals surface area contributed by atoms with E-state index >= 15 is 0 Å². The van der Waals surface area contributed by atoms with Crippen molar-refractivity contribution in [1.29, 1.82) is 0 Å². The lowest BCUT2D eigenvalue weighted by Gasteiger charge is -2.14. The van der Waals surface area contributed by atoms with Gasteiger partial charge in [-0.2, -0.15) is 16.9 Å². The number of carboxylic acid groups (broad SMARTS) is 1. The molecule has 1 atom stereocenters. The van der Waals surface area contributed by atoms with Gasteiger partial charge in [0.1, 0.15) is 5.56 Å². The Hall–Kier alpha value is -1.76. The smallest absolute Gasteiger partial charge is 0.339 e. The van der Waals surface area contributed by atoms with Crippen LogP contribution in [0.15, 0.2) is 6.20 Å². The lowest BCUT2D eigenvalue weighted by Crippen LogP contribution is -2.15. The van der Waals surface area contributed by atoms with Crippen LogP contribution in [0, 0.1) is 6.92 Å². The van der Waals surface area contributed by atoms with Crippen molar-refractivity contribution in [3.8, 4) is 0 Å². The second-order valence-electron chi connectivity index (χ2n) is 4.69. The van der Waals surface area contributed by atoms with Crippen LogP contribution in [0.2, 0.25) is 0 Å². The highest BCUT2D eigenvalue weighted by Gasteiger charge is 2.19. The number of nitrogens with one attached hydrogen (secondary N) is 1. The number of aromatic carboxylic acids is 1. The van der Waals surface area contributed by atoms with Crippen LogP contribution >= 0.6 is 11.8 Å². The number of carboxylic acids is 1. The van der Waals surface area contributed by atoms with Crippen molar-refractivity contribution in [3.05, 3.63) is 17.5 Å². The van der Waals surface area contributed by atoms with Crippen molar-refractivity contribution in [2.45, 2.75) is 19.1 Å². The van der Waals surface area contributed by atoms with Crippen LogP contribution < -0.4 is 5.32 Å². The molecule has 0 saturated heterocycles. The number of anilines is 1. The topological polar surface area (TPSA) is 80.0 Å². The maximum Gasteiger partial charge on any atom is 0.339 e. The molecule has 2 aromatic rings. The van der Waals surface area contributed by atoms with E-state index in [1.54, 1.807) is 23.5 Å². The van der Waals surface area contributed by atoms with E-state index in [1.807, 2.05) is 13.2 Å². The summed E-state index contributed by atoms with van der Waals surface area (Å²) in [6, 6.07) is 0. The van der Waals surface area contributed by atoms with Gasteiger partial charge in [-0.05, 0) is 13.2 Å². The minimum atomic E-state index is -0.984. The molecule has 2 aromatic heterocycles. The zero-order chi connectivity index (χ0) is 14.9. The Bertz CT molecular complexity index is 653. The van der Waals surface area contributed by atoms with Gasteiger partial charge in [-0.25, -0.2) is 9.78 Å². The largest absolute Gasteiger partial charge is 0.478 e. The van der Waals surface area contributed by atoms with Gasteiger partial charge in [0.15, 0.2) is 5.65 Å². The van der Waals surface area contributed by atoms with E-state index in [0.29, 0.717) is 23.1 Å². The van der Waals surface area contributed by atoms with E-state index in [-0.39, 0.29) is 5.56 Å². The zero-order valence-corrected chi connectivity index (χ0v) is 12.8. The molecular weight excluding hydrogens is 276 g/mol. The molecule has 20 heavy (non-hydrogen) atoms. The molecule has 0 aliphatic carbocycles. The number of aryl methyl sites for hydroxylation is 2. The Morgan fingerprint density at radius 3 is 2.90 bits per heavy atom. The molecule has 0 amide bonds. The fraction of sp³-hybridized carbons (Fsp3) is 0.462. The summed E-state index contributed by atoms with van der Waals surface area (Å²) in [6.07, 6.45) is 3.42. The SMILES string of the molecule is CSC(C)CNc1c(C(=O)O)cnc2c1c(C)nn2C. The summed E-state index contributed by atoms with van der Waals surface area (Å²) >= 11 is 1.73. The molecule has 0 aromatic carbocycles. The first kappa shape index (κ1) is 14.6. The minimum absolute atomic E-state index is 0.182. The summed E-state index contributed by atoms with van der Waals surface area (Å²) in [5, 5.41) is 18.1. The van der Waals surface area contributed by atoms with Crippen LogP contribution in [0.4, 0.5) is 5.69 Å². The van der Waals surface area contributed by atoms with Crippen molar-refractivity contribution < 1.29 is 9.90 Å². The number of rotatable bonds is 5. The van der Waals surface area contributed by atoms with Crippen LogP contribution in [0.25, 0.3) is 11.0 Å². The highest BCUT2D eigenvalue weighted by Crippen LogP contribution is 2.28. The van der Waals surface area contributed by atoms with E-state index in [2.05, 4.69) is 22.3 Å². The highest BCUT2D eigenvalue weighted by atomic mass is 32.2. The summed E-state index contributed by atoms with van der Waals surface area (Å²) in [7, 11) is 1.80. The Balaban J connectivity index is 2.56. The first-order chi connectivity index (χ1) is 9.45. The molecule has 2 N–H and O–H groups in total. The van der Waals surface area contributed by atoms with Gasteiger partial charge >= 0.3 is 5.97 Å². The summed E-state index contributed by atoms with van der Waals surface area (Å²) in [6.45, 7) is 4.64. The quantitative estimate of drug-likeness (QED) is 0.879. The number of pyridine rings is 1. The Morgan fingerprint density at radius 2 is 2.30 bits per heavy atom. The fourth-order valence-electron chi connectivity index (χ4n) is 2.09. The van der Waals surface area contributed by atoms with Crippen LogP contribution in [-0.2, 0) is 7.05 Å². The molecule has 2 heterocycles. The molecule has 1 unspecified atom stereocenters. The number of hydrogen-bond acceptors (Lipinski definition) is 5. The number of hydrogen-bond donors (Lipinski definition) is 2. The molecule has 0 radical (unpaired) electrons. The van der Waals surface area contributed by atoms with Gasteiger partial charge in [-0.3, -0.25) is 4.68 Å². The van der Waals surface area contributed by atoms with Crippen molar-refractivity contribution in [2.75, 3.05) is 18.1 Å². The normalized spacial score (nSPS) is 12.6. The van der Waals surface area contributed by atoms with E-state index in [1.165, 1.54) is 6.20 Å². The number of aromatic nitrogens is 3. The molecule has 0 aliphatic rings. The fourth-order valence-corrected chi connectivity index (χ4v) is 2.34. The molecular formula is C13H18N4O2S. The van der Waals surface area contributed by atoms with Crippen molar-refractivity contribution in [3.63, 3.8) is 0 Å². The predicted octanol–water partition coefficient (Wildman–Crippen LogP) is 2.14. The van der Waals surface area contributed by atoms with E-state index < -0.39 is 5.97 Å². The molecule has 0 bridgehead atoms. The van der Waals surface area contributed by atoms with Gasteiger partial charge in [0.05, 0.1) is 16.8 Å². The number of carbonyl (C=O) groups is 1. The monoisotopic (exact) mass is 294 g/mol. The summed E-state index contributed by atoms with van der Waals surface area (Å²) in [4.78, 5) is 15.6. The third kappa shape index (κ3) is 2.58. The van der Waals surface area contributed by atoms with Crippen LogP contribution in [0.5, 0.6) is 0 Å². The molecule has 0 fully saturated rings. The van der Waals surface area contributed by atoms with Gasteiger partial charge in [-0.15, -0.1) is 0 Å². The van der Waals surface area contributed by atoms with Gasteiger partial charge < -0.3 is 10.4 Å². The average Bonchev–Trinajstić information content (AvgIpc) is 2.70. The number of nitrogens with zero attached hydrogens (tertiary/aromatic N) is 3. The van der Waals surface area contributed by atoms with Crippen LogP contribution in [-0.4, -0.2) is 43.9 Å². The van der Waals surface area contributed by atoms with Crippen LogP contribution in [0.1, 0.15) is 23.0 Å². The summed E-state index contributed by atoms with van der Waals surface area (Å²) in [5.41, 5.74) is 2.25. The molecule has 0 aliphatic heterocycles. The molecule has 2 rings (SSSR count). The second kappa shape index (κ2) is 5.70. The Kier molecular flexibility index (Phi) is 4.17. The predicted molar refractivity (Wildman–Crippen MR) is 81.7 cm³/mol. The molecule has 0 saturated carbocycles. The van der Waals surface area contributed by atoms with E-state index in [9.17, 15) is 9.90 Å². The Labute approximate surface area is 121 Å². The molecule has 7 heteroatoms. The van der Waals surface area contributed by atoms with Crippen molar-refractivity contribution in [1.82, 2.24) is 14.8 Å². The minimum Gasteiger partial charge on any atom is -0.478 e. The summed E-state index contributed by atoms with van der Waals surface area (Å²) in [5.74, 6) is -0.984. The van der Waals surface area contributed by atoms with Crippen molar-refractivity contribution in [2.24, 2.45) is 7.05 Å². The van der Waals surface area contributed by atoms with E-state index in [0.717, 1.165) is 11.1 Å². The molecule has 108 valence electrons. The third-order valence-electron chi connectivity index (χ3n) is 3.23. The summed E-state index contributed by atoms with van der Waals surface area (Å²) < 4.78 is 1.67. The maximum atomic E-state index is 11.4.